The molecule has 0 saturated carbocycles. The first-order valence-electron chi connectivity index (χ1n) is 7.05. The molecule has 0 fully saturated rings. The van der Waals surface area contributed by atoms with E-state index < -0.39 is 10.0 Å². The molecule has 0 atom stereocenters. The van der Waals surface area contributed by atoms with Crippen molar-refractivity contribution < 1.29 is 13.2 Å². The molecule has 1 heterocycles. The molecule has 0 aliphatic carbocycles. The predicted octanol–water partition coefficient (Wildman–Crippen LogP) is 0.506. The monoisotopic (exact) mass is 318 g/mol. The number of aromatic nitrogens is 2. The molecule has 1 aromatic heterocycles. The zero-order valence-corrected chi connectivity index (χ0v) is 14.1. The Morgan fingerprint density at radius 2 is 2.00 bits per heavy atom. The van der Waals surface area contributed by atoms with Crippen LogP contribution in [0.5, 0.6) is 0 Å². The second-order valence-electron chi connectivity index (χ2n) is 5.04. The van der Waals surface area contributed by atoms with Crippen molar-refractivity contribution >= 4 is 10.0 Å². The molecule has 1 rings (SSSR count). The Kier molecular flexibility index (Phi) is 6.79. The number of hydrogen-bond acceptors (Lipinski definition) is 5. The lowest BCUT2D eigenvalue weighted by molar-refractivity contribution is 0.189. The van der Waals surface area contributed by atoms with Crippen molar-refractivity contribution in [3.05, 3.63) is 11.4 Å². The van der Waals surface area contributed by atoms with E-state index in [4.69, 9.17) is 10.5 Å². The van der Waals surface area contributed by atoms with Crippen LogP contribution in [0.2, 0.25) is 0 Å². The van der Waals surface area contributed by atoms with Gasteiger partial charge in [0.25, 0.3) is 0 Å². The average Bonchev–Trinajstić information content (AvgIpc) is 2.71. The topological polar surface area (TPSA) is 90.5 Å². The number of nitrogens with two attached hydrogens (primary N) is 1. The number of hydrogen-bond donors (Lipinski definition) is 1. The molecule has 7 nitrogen and oxygen atoms in total. The predicted molar refractivity (Wildman–Crippen MR) is 81.7 cm³/mol. The molecule has 0 aromatic carbocycles. The zero-order valence-electron chi connectivity index (χ0n) is 13.3. The van der Waals surface area contributed by atoms with Gasteiger partial charge >= 0.3 is 0 Å². The van der Waals surface area contributed by atoms with Gasteiger partial charge in [-0.3, -0.25) is 4.68 Å². The highest BCUT2D eigenvalue weighted by atomic mass is 32.2. The number of rotatable bonds is 9. The van der Waals surface area contributed by atoms with Crippen LogP contribution in [0.15, 0.2) is 4.90 Å². The molecule has 21 heavy (non-hydrogen) atoms. The molecule has 0 aliphatic rings. The summed E-state index contributed by atoms with van der Waals surface area (Å²) in [6.45, 7) is 5.65. The van der Waals surface area contributed by atoms with Crippen LogP contribution in [0, 0.1) is 13.8 Å². The fourth-order valence-corrected chi connectivity index (χ4v) is 3.79. The second kappa shape index (κ2) is 7.88. The van der Waals surface area contributed by atoms with Crippen LogP contribution in [0.25, 0.3) is 0 Å². The summed E-state index contributed by atoms with van der Waals surface area (Å²) in [5.74, 6) is 0. The quantitative estimate of drug-likeness (QED) is 0.670. The number of sulfonamides is 1. The Balaban J connectivity index is 2.99. The summed E-state index contributed by atoms with van der Waals surface area (Å²) in [7, 11) is -0.336. The second-order valence-corrected chi connectivity index (χ2v) is 7.02. The first-order chi connectivity index (χ1) is 9.86. The lowest BCUT2D eigenvalue weighted by Gasteiger charge is -2.17. The van der Waals surface area contributed by atoms with E-state index in [1.54, 1.807) is 32.7 Å². The van der Waals surface area contributed by atoms with Crippen LogP contribution < -0.4 is 5.73 Å². The molecule has 1 aromatic rings. The average molecular weight is 318 g/mol. The maximum atomic E-state index is 12.7. The van der Waals surface area contributed by atoms with Crippen molar-refractivity contribution in [2.75, 3.05) is 33.9 Å². The van der Waals surface area contributed by atoms with Crippen LogP contribution in [0.4, 0.5) is 0 Å². The van der Waals surface area contributed by atoms with E-state index in [0.29, 0.717) is 48.9 Å². The highest BCUT2D eigenvalue weighted by Crippen LogP contribution is 2.23. The van der Waals surface area contributed by atoms with Crippen LogP contribution >= 0.6 is 0 Å². The van der Waals surface area contributed by atoms with Crippen molar-refractivity contribution in [2.45, 2.75) is 38.1 Å². The van der Waals surface area contributed by atoms with Crippen molar-refractivity contribution in [1.82, 2.24) is 14.1 Å². The number of aryl methyl sites for hydroxylation is 2. The summed E-state index contributed by atoms with van der Waals surface area (Å²) in [5.41, 5.74) is 6.69. The SMILES string of the molecule is COCCCN(C)S(=O)(=O)c1c(C)nn(CCCN)c1C. The lowest BCUT2D eigenvalue weighted by Crippen LogP contribution is -2.29. The van der Waals surface area contributed by atoms with Gasteiger partial charge in [0.1, 0.15) is 4.90 Å². The van der Waals surface area contributed by atoms with E-state index in [2.05, 4.69) is 5.10 Å². The van der Waals surface area contributed by atoms with Crippen molar-refractivity contribution in [3.63, 3.8) is 0 Å². The normalized spacial score (nSPS) is 12.3. The van der Waals surface area contributed by atoms with Crippen LogP contribution in [0.3, 0.4) is 0 Å². The molecule has 0 bridgehead atoms. The zero-order chi connectivity index (χ0) is 16.0. The Morgan fingerprint density at radius 1 is 1.33 bits per heavy atom. The standard InChI is InChI=1S/C13H26N4O3S/c1-11-13(12(2)17(15-11)9-5-7-14)21(18,19)16(3)8-6-10-20-4/h5-10,14H2,1-4H3. The van der Waals surface area contributed by atoms with Gasteiger partial charge in [0, 0.05) is 33.9 Å². The molecule has 122 valence electrons. The van der Waals surface area contributed by atoms with E-state index in [-0.39, 0.29) is 0 Å². The van der Waals surface area contributed by atoms with Crippen molar-refractivity contribution in [3.8, 4) is 0 Å². The van der Waals surface area contributed by atoms with Gasteiger partial charge in [-0.15, -0.1) is 0 Å². The molecule has 0 aliphatic heterocycles. The summed E-state index contributed by atoms with van der Waals surface area (Å²) in [6.07, 6.45) is 1.43. The Labute approximate surface area is 127 Å². The summed E-state index contributed by atoms with van der Waals surface area (Å²) in [5, 5.41) is 4.32. The van der Waals surface area contributed by atoms with Crippen LogP contribution in [-0.4, -0.2) is 56.4 Å². The fraction of sp³-hybridized carbons (Fsp3) is 0.769. The highest BCUT2D eigenvalue weighted by Gasteiger charge is 2.28. The van der Waals surface area contributed by atoms with Gasteiger partial charge in [-0.1, -0.05) is 0 Å². The van der Waals surface area contributed by atoms with Gasteiger partial charge < -0.3 is 10.5 Å². The van der Waals surface area contributed by atoms with Gasteiger partial charge in [-0.05, 0) is 33.2 Å². The fourth-order valence-electron chi connectivity index (χ4n) is 2.22. The summed E-state index contributed by atoms with van der Waals surface area (Å²) < 4.78 is 33.4. The number of ether oxygens (including phenoxy) is 1. The lowest BCUT2D eigenvalue weighted by atomic mass is 10.4. The Bertz CT molecular complexity index is 554. The first-order valence-corrected chi connectivity index (χ1v) is 8.49. The summed E-state index contributed by atoms with van der Waals surface area (Å²) in [4.78, 5) is 0.305. The third kappa shape index (κ3) is 4.26. The van der Waals surface area contributed by atoms with Crippen molar-refractivity contribution in [2.24, 2.45) is 5.73 Å². The van der Waals surface area contributed by atoms with Gasteiger partial charge in [-0.25, -0.2) is 12.7 Å². The van der Waals surface area contributed by atoms with Gasteiger partial charge in [-0.2, -0.15) is 5.10 Å². The van der Waals surface area contributed by atoms with Gasteiger partial charge in [0.2, 0.25) is 10.0 Å². The van der Waals surface area contributed by atoms with E-state index in [9.17, 15) is 8.42 Å². The maximum Gasteiger partial charge on any atom is 0.246 e. The summed E-state index contributed by atoms with van der Waals surface area (Å²) >= 11 is 0. The molecule has 0 spiro atoms. The molecule has 0 radical (unpaired) electrons. The minimum Gasteiger partial charge on any atom is -0.385 e. The number of nitrogens with zero attached hydrogens (tertiary/aromatic N) is 3. The Hall–Kier alpha value is -0.960. The molecular formula is C13H26N4O3S. The minimum atomic E-state index is -3.52. The highest BCUT2D eigenvalue weighted by molar-refractivity contribution is 7.89. The van der Waals surface area contributed by atoms with Crippen LogP contribution in [-0.2, 0) is 21.3 Å². The van der Waals surface area contributed by atoms with E-state index in [1.165, 1.54) is 4.31 Å². The molecule has 8 heteroatoms. The molecular weight excluding hydrogens is 292 g/mol. The van der Waals surface area contributed by atoms with Gasteiger partial charge in [0.15, 0.2) is 0 Å². The maximum absolute atomic E-state index is 12.7. The van der Waals surface area contributed by atoms with Gasteiger partial charge in [0.05, 0.1) is 11.4 Å². The molecule has 2 N–H and O–H groups in total. The third-order valence-electron chi connectivity index (χ3n) is 3.38. The minimum absolute atomic E-state index is 0.305. The Morgan fingerprint density at radius 3 is 2.57 bits per heavy atom. The van der Waals surface area contributed by atoms with E-state index >= 15 is 0 Å². The number of methoxy groups -OCH3 is 1. The van der Waals surface area contributed by atoms with E-state index in [1.807, 2.05) is 0 Å². The molecule has 0 amide bonds. The summed E-state index contributed by atoms with van der Waals surface area (Å²) in [6, 6.07) is 0. The smallest absolute Gasteiger partial charge is 0.246 e. The molecule has 0 unspecified atom stereocenters. The van der Waals surface area contributed by atoms with E-state index in [0.717, 1.165) is 6.42 Å². The molecule has 0 saturated heterocycles. The third-order valence-corrected chi connectivity index (χ3v) is 5.49. The van der Waals surface area contributed by atoms with Crippen molar-refractivity contribution in [1.29, 1.82) is 0 Å². The first kappa shape index (κ1) is 18.1. The largest absolute Gasteiger partial charge is 0.385 e. The van der Waals surface area contributed by atoms with Crippen LogP contribution in [0.1, 0.15) is 24.2 Å².